The van der Waals surface area contributed by atoms with Crippen LogP contribution in [-0.2, 0) is 0 Å². The van der Waals surface area contributed by atoms with Crippen LogP contribution in [0.4, 0.5) is 0 Å². The molecule has 0 fully saturated rings. The Kier molecular flexibility index (Phi) is 6.73. The Labute approximate surface area is 187 Å². The number of aromatic nitrogens is 4. The van der Waals surface area contributed by atoms with Gasteiger partial charge in [-0.05, 0) is 64.1 Å². The van der Waals surface area contributed by atoms with Crippen molar-refractivity contribution in [1.29, 1.82) is 0 Å². The molecule has 0 amide bonds. The third kappa shape index (κ3) is 4.85. The van der Waals surface area contributed by atoms with E-state index in [1.807, 2.05) is 62.7 Å². The lowest BCUT2D eigenvalue weighted by molar-refractivity contribution is 0.400. The van der Waals surface area contributed by atoms with E-state index in [1.165, 1.54) is 18.2 Å². The first-order chi connectivity index (χ1) is 15.2. The maximum Gasteiger partial charge on any atom is 0.144 e. The molecule has 0 unspecified atom stereocenters. The average Bonchev–Trinajstić information content (AvgIpc) is 3.29. The van der Waals surface area contributed by atoms with Gasteiger partial charge < -0.3 is 19.7 Å². The number of hydrogen-bond donors (Lipinski definition) is 2. The van der Waals surface area contributed by atoms with Gasteiger partial charge in [0.15, 0.2) is 0 Å². The minimum absolute atomic E-state index is 0.0963. The molecule has 4 aromatic rings. The topological polar surface area (TPSA) is 94.6 Å². The second kappa shape index (κ2) is 9.47. The molecule has 0 aliphatic carbocycles. The molecule has 32 heavy (non-hydrogen) atoms. The number of aromatic hydroxyl groups is 2. The summed E-state index contributed by atoms with van der Waals surface area (Å²) in [4.78, 5) is 0. The van der Waals surface area contributed by atoms with E-state index in [2.05, 4.69) is 10.2 Å². The second-order valence-electron chi connectivity index (χ2n) is 7.39. The number of nitrogens with zero attached hydrogens (tertiary/aromatic N) is 4. The molecule has 2 aromatic carbocycles. The Morgan fingerprint density at radius 2 is 1.28 bits per heavy atom. The van der Waals surface area contributed by atoms with Crippen LogP contribution >= 0.6 is 0 Å². The van der Waals surface area contributed by atoms with Crippen LogP contribution in [0, 0.1) is 27.7 Å². The number of phenolic OH excluding ortho intramolecular Hbond substituents is 2. The zero-order valence-corrected chi connectivity index (χ0v) is 19.1. The molecule has 0 atom stereocenters. The standard InChI is InChI=1S/C13H16N2O2.C11H12N2O2/c1-9-7-10(2)15(14-9)12-8-11(16-3)5-6-13(12)17-4;1-7-5-8(2)13(12-7)10-6-9(14)3-4-11(10)15/h5-8H,1-4H3;3-6,14-15H,1-2H3. The lowest BCUT2D eigenvalue weighted by Crippen LogP contribution is -2.02. The fourth-order valence-electron chi connectivity index (χ4n) is 3.39. The summed E-state index contributed by atoms with van der Waals surface area (Å²) in [5.74, 6) is 1.76. The lowest BCUT2D eigenvalue weighted by atomic mass is 10.2. The molecule has 0 bridgehead atoms. The van der Waals surface area contributed by atoms with Gasteiger partial charge in [-0.3, -0.25) is 0 Å². The molecule has 8 nitrogen and oxygen atoms in total. The maximum absolute atomic E-state index is 9.65. The Bertz CT molecular complexity index is 1230. The van der Waals surface area contributed by atoms with Gasteiger partial charge in [0, 0.05) is 23.5 Å². The van der Waals surface area contributed by atoms with Gasteiger partial charge in [-0.2, -0.15) is 10.2 Å². The Morgan fingerprint density at radius 1 is 0.688 bits per heavy atom. The number of ether oxygens (including phenoxy) is 2. The van der Waals surface area contributed by atoms with Gasteiger partial charge in [0.25, 0.3) is 0 Å². The summed E-state index contributed by atoms with van der Waals surface area (Å²) in [6, 6.07) is 14.0. The number of phenols is 2. The van der Waals surface area contributed by atoms with Gasteiger partial charge in [0.05, 0.1) is 25.6 Å². The SMILES string of the molecule is COc1ccc(OC)c(-n2nc(C)cc2C)c1.Cc1cc(C)n(-c2cc(O)ccc2O)n1. The van der Waals surface area contributed by atoms with Crippen LogP contribution in [0.2, 0.25) is 0 Å². The van der Waals surface area contributed by atoms with Crippen molar-refractivity contribution in [2.75, 3.05) is 14.2 Å². The van der Waals surface area contributed by atoms with Crippen molar-refractivity contribution in [3.05, 3.63) is 71.3 Å². The number of benzene rings is 2. The zero-order valence-electron chi connectivity index (χ0n) is 19.1. The molecule has 2 N–H and O–H groups in total. The van der Waals surface area contributed by atoms with E-state index in [-0.39, 0.29) is 11.5 Å². The highest BCUT2D eigenvalue weighted by Gasteiger charge is 2.11. The van der Waals surface area contributed by atoms with Crippen LogP contribution in [0.3, 0.4) is 0 Å². The number of rotatable bonds is 4. The van der Waals surface area contributed by atoms with Crippen molar-refractivity contribution in [2.24, 2.45) is 0 Å². The molecule has 0 aliphatic rings. The molecule has 2 aromatic heterocycles. The highest BCUT2D eigenvalue weighted by atomic mass is 16.5. The highest BCUT2D eigenvalue weighted by molar-refractivity contribution is 5.52. The normalized spacial score (nSPS) is 10.4. The number of methoxy groups -OCH3 is 2. The average molecular weight is 437 g/mol. The minimum Gasteiger partial charge on any atom is -0.508 e. The van der Waals surface area contributed by atoms with Crippen LogP contribution in [0.15, 0.2) is 48.5 Å². The van der Waals surface area contributed by atoms with Gasteiger partial charge in [0.1, 0.15) is 34.4 Å². The maximum atomic E-state index is 9.65. The molecule has 168 valence electrons. The first kappa shape index (κ1) is 22.7. The Morgan fingerprint density at radius 3 is 1.78 bits per heavy atom. The highest BCUT2D eigenvalue weighted by Crippen LogP contribution is 2.28. The molecule has 0 saturated carbocycles. The quantitative estimate of drug-likeness (QED) is 0.460. The lowest BCUT2D eigenvalue weighted by Gasteiger charge is -2.11. The minimum atomic E-state index is 0.0963. The van der Waals surface area contributed by atoms with Crippen LogP contribution in [0.1, 0.15) is 22.8 Å². The van der Waals surface area contributed by atoms with Crippen molar-refractivity contribution in [2.45, 2.75) is 27.7 Å². The predicted octanol–water partition coefficient (Wildman–Crippen LogP) is 4.41. The number of aryl methyl sites for hydroxylation is 4. The summed E-state index contributed by atoms with van der Waals surface area (Å²) in [5, 5.41) is 27.7. The third-order valence-electron chi connectivity index (χ3n) is 4.82. The molecule has 0 aliphatic heterocycles. The largest absolute Gasteiger partial charge is 0.508 e. The van der Waals surface area contributed by atoms with Gasteiger partial charge in [-0.25, -0.2) is 9.36 Å². The summed E-state index contributed by atoms with van der Waals surface area (Å²) in [7, 11) is 3.30. The van der Waals surface area contributed by atoms with Crippen molar-refractivity contribution in [3.63, 3.8) is 0 Å². The van der Waals surface area contributed by atoms with E-state index in [0.29, 0.717) is 5.69 Å². The molecular weight excluding hydrogens is 408 g/mol. The predicted molar refractivity (Wildman–Crippen MR) is 123 cm³/mol. The Hall–Kier alpha value is -3.94. The summed E-state index contributed by atoms with van der Waals surface area (Å²) in [6.45, 7) is 7.75. The van der Waals surface area contributed by atoms with Crippen LogP contribution < -0.4 is 9.47 Å². The summed E-state index contributed by atoms with van der Waals surface area (Å²) < 4.78 is 14.0. The number of hydrogen-bond acceptors (Lipinski definition) is 6. The molecular formula is C24H28N4O4. The van der Waals surface area contributed by atoms with E-state index in [0.717, 1.165) is 40.0 Å². The molecule has 0 spiro atoms. The molecule has 4 rings (SSSR count). The van der Waals surface area contributed by atoms with Crippen molar-refractivity contribution >= 4 is 0 Å². The summed E-state index contributed by atoms with van der Waals surface area (Å²) in [6.07, 6.45) is 0. The van der Waals surface area contributed by atoms with Gasteiger partial charge in [0.2, 0.25) is 0 Å². The Balaban J connectivity index is 0.000000182. The van der Waals surface area contributed by atoms with Crippen LogP contribution in [0.25, 0.3) is 11.4 Å². The first-order valence-electron chi connectivity index (χ1n) is 10.0. The van der Waals surface area contributed by atoms with Gasteiger partial charge in [-0.15, -0.1) is 0 Å². The summed E-state index contributed by atoms with van der Waals surface area (Å²) >= 11 is 0. The fourth-order valence-corrected chi connectivity index (χ4v) is 3.39. The monoisotopic (exact) mass is 436 g/mol. The molecule has 2 heterocycles. The van der Waals surface area contributed by atoms with E-state index in [9.17, 15) is 10.2 Å². The first-order valence-corrected chi connectivity index (χ1v) is 10.0. The van der Waals surface area contributed by atoms with Gasteiger partial charge in [-0.1, -0.05) is 0 Å². The van der Waals surface area contributed by atoms with Crippen molar-refractivity contribution in [3.8, 4) is 34.4 Å². The van der Waals surface area contributed by atoms with E-state index in [1.54, 1.807) is 18.9 Å². The van der Waals surface area contributed by atoms with E-state index >= 15 is 0 Å². The van der Waals surface area contributed by atoms with Crippen molar-refractivity contribution < 1.29 is 19.7 Å². The smallest absolute Gasteiger partial charge is 0.144 e. The third-order valence-corrected chi connectivity index (χ3v) is 4.82. The summed E-state index contributed by atoms with van der Waals surface area (Å²) in [5.41, 5.74) is 5.20. The molecule has 0 saturated heterocycles. The van der Waals surface area contributed by atoms with E-state index in [4.69, 9.17) is 9.47 Å². The fraction of sp³-hybridized carbons (Fsp3) is 0.250. The molecule has 8 heteroatoms. The van der Waals surface area contributed by atoms with Gasteiger partial charge >= 0.3 is 0 Å². The van der Waals surface area contributed by atoms with Crippen LogP contribution in [0.5, 0.6) is 23.0 Å². The van der Waals surface area contributed by atoms with Crippen molar-refractivity contribution in [1.82, 2.24) is 19.6 Å². The molecule has 0 radical (unpaired) electrons. The van der Waals surface area contributed by atoms with E-state index < -0.39 is 0 Å². The zero-order chi connectivity index (χ0) is 23.4. The van der Waals surface area contributed by atoms with Crippen LogP contribution in [-0.4, -0.2) is 44.0 Å². The second-order valence-corrected chi connectivity index (χ2v) is 7.39.